The van der Waals surface area contributed by atoms with Crippen LogP contribution in [-0.2, 0) is 16.4 Å². The van der Waals surface area contributed by atoms with Crippen molar-refractivity contribution < 1.29 is 8.42 Å². The zero-order chi connectivity index (χ0) is 13.7. The van der Waals surface area contributed by atoms with Crippen LogP contribution in [0.1, 0.15) is 5.69 Å². The van der Waals surface area contributed by atoms with Crippen molar-refractivity contribution in [3.63, 3.8) is 0 Å². The van der Waals surface area contributed by atoms with Crippen LogP contribution < -0.4 is 16.0 Å². The molecule has 2 heterocycles. The van der Waals surface area contributed by atoms with Gasteiger partial charge in [0.15, 0.2) is 5.82 Å². The summed E-state index contributed by atoms with van der Waals surface area (Å²) in [5, 5.41) is 1.88. The average Bonchev–Trinajstić information content (AvgIpc) is 2.91. The summed E-state index contributed by atoms with van der Waals surface area (Å²) < 4.78 is 26.6. The van der Waals surface area contributed by atoms with E-state index < -0.39 is 10.0 Å². The van der Waals surface area contributed by atoms with Crippen molar-refractivity contribution in [2.75, 3.05) is 12.0 Å². The SMILES string of the molecule is NNc1ncccc1S(=O)(=O)NCCc1cscn1. The molecule has 0 aliphatic heterocycles. The molecule has 0 atom stereocenters. The molecule has 2 rings (SSSR count). The van der Waals surface area contributed by atoms with Gasteiger partial charge in [-0.2, -0.15) is 0 Å². The molecule has 102 valence electrons. The second-order valence-electron chi connectivity index (χ2n) is 3.62. The third kappa shape index (κ3) is 3.47. The first-order valence-corrected chi connectivity index (χ1v) is 7.84. The first kappa shape index (κ1) is 13.9. The zero-order valence-electron chi connectivity index (χ0n) is 9.91. The number of nitrogen functional groups attached to an aromatic ring is 1. The van der Waals surface area contributed by atoms with Gasteiger partial charge in [-0.3, -0.25) is 0 Å². The van der Waals surface area contributed by atoms with Crippen molar-refractivity contribution in [3.8, 4) is 0 Å². The lowest BCUT2D eigenvalue weighted by molar-refractivity contribution is 0.581. The molecule has 0 spiro atoms. The van der Waals surface area contributed by atoms with E-state index in [4.69, 9.17) is 5.84 Å². The third-order valence-electron chi connectivity index (χ3n) is 2.35. The number of rotatable bonds is 6. The van der Waals surface area contributed by atoms with E-state index in [2.05, 4.69) is 20.1 Å². The summed E-state index contributed by atoms with van der Waals surface area (Å²) in [5.74, 6) is 5.35. The van der Waals surface area contributed by atoms with Gasteiger partial charge in [0.2, 0.25) is 10.0 Å². The number of nitrogens with one attached hydrogen (secondary N) is 2. The quantitative estimate of drug-likeness (QED) is 0.524. The molecule has 2 aromatic heterocycles. The standard InChI is InChI=1S/C10H13N5O2S2/c11-15-10-9(2-1-4-12-10)19(16,17)14-5-3-8-6-18-7-13-8/h1-2,4,6-7,14H,3,5,11H2,(H,12,15). The highest BCUT2D eigenvalue weighted by molar-refractivity contribution is 7.89. The summed E-state index contributed by atoms with van der Waals surface area (Å²) in [6, 6.07) is 2.98. The second kappa shape index (κ2) is 6.06. The van der Waals surface area contributed by atoms with Gasteiger partial charge in [-0.1, -0.05) is 0 Å². The number of hydrogen-bond donors (Lipinski definition) is 3. The number of anilines is 1. The van der Waals surface area contributed by atoms with Gasteiger partial charge in [0.1, 0.15) is 4.90 Å². The fraction of sp³-hybridized carbons (Fsp3) is 0.200. The molecular formula is C10H13N5O2S2. The monoisotopic (exact) mass is 299 g/mol. The predicted molar refractivity (Wildman–Crippen MR) is 73.1 cm³/mol. The third-order valence-corrected chi connectivity index (χ3v) is 4.48. The maximum Gasteiger partial charge on any atom is 0.244 e. The zero-order valence-corrected chi connectivity index (χ0v) is 11.5. The van der Waals surface area contributed by atoms with Crippen molar-refractivity contribution in [1.29, 1.82) is 0 Å². The summed E-state index contributed by atoms with van der Waals surface area (Å²) in [5.41, 5.74) is 4.83. The van der Waals surface area contributed by atoms with E-state index in [0.29, 0.717) is 6.42 Å². The minimum atomic E-state index is -3.64. The van der Waals surface area contributed by atoms with Crippen molar-refractivity contribution >= 4 is 27.2 Å². The number of pyridine rings is 1. The lowest BCUT2D eigenvalue weighted by atomic mass is 10.3. The highest BCUT2D eigenvalue weighted by Gasteiger charge is 2.18. The largest absolute Gasteiger partial charge is 0.307 e. The molecule has 0 aromatic carbocycles. The maximum atomic E-state index is 12.1. The molecule has 0 aliphatic carbocycles. The Kier molecular flexibility index (Phi) is 4.43. The Balaban J connectivity index is 2.05. The van der Waals surface area contributed by atoms with Gasteiger partial charge in [0.05, 0.1) is 11.2 Å². The Morgan fingerprint density at radius 3 is 2.89 bits per heavy atom. The molecular weight excluding hydrogens is 286 g/mol. The molecule has 0 saturated carbocycles. The molecule has 0 aliphatic rings. The molecule has 7 nitrogen and oxygen atoms in total. The van der Waals surface area contributed by atoms with Crippen LogP contribution in [0.15, 0.2) is 34.1 Å². The van der Waals surface area contributed by atoms with Gasteiger partial charge in [0, 0.05) is 24.5 Å². The Labute approximate surface area is 114 Å². The van der Waals surface area contributed by atoms with Gasteiger partial charge in [-0.15, -0.1) is 11.3 Å². The number of thiazole rings is 1. The fourth-order valence-corrected chi connectivity index (χ4v) is 3.21. The number of hydrogen-bond acceptors (Lipinski definition) is 7. The van der Waals surface area contributed by atoms with Crippen LogP contribution in [-0.4, -0.2) is 24.9 Å². The number of nitrogens with zero attached hydrogens (tertiary/aromatic N) is 2. The average molecular weight is 299 g/mol. The molecule has 0 amide bonds. The molecule has 19 heavy (non-hydrogen) atoms. The molecule has 2 aromatic rings. The minimum absolute atomic E-state index is 0.0239. The molecule has 0 saturated heterocycles. The summed E-state index contributed by atoms with van der Waals surface area (Å²) in [6.45, 7) is 0.269. The fourth-order valence-electron chi connectivity index (χ4n) is 1.47. The lowest BCUT2D eigenvalue weighted by Crippen LogP contribution is -2.27. The van der Waals surface area contributed by atoms with Crippen LogP contribution >= 0.6 is 11.3 Å². The summed E-state index contributed by atoms with van der Waals surface area (Å²) in [4.78, 5) is 7.96. The predicted octanol–water partition coefficient (Wildman–Crippen LogP) is 0.345. The first-order valence-electron chi connectivity index (χ1n) is 5.42. The van der Waals surface area contributed by atoms with E-state index in [1.807, 2.05) is 5.38 Å². The Hall–Kier alpha value is -1.55. The normalized spacial score (nSPS) is 11.4. The van der Waals surface area contributed by atoms with Gasteiger partial charge < -0.3 is 5.43 Å². The van der Waals surface area contributed by atoms with Crippen LogP contribution in [0.2, 0.25) is 0 Å². The topological polar surface area (TPSA) is 110 Å². The summed E-state index contributed by atoms with van der Waals surface area (Å²) in [7, 11) is -3.64. The molecule has 4 N–H and O–H groups in total. The molecule has 0 bridgehead atoms. The lowest BCUT2D eigenvalue weighted by Gasteiger charge is -2.09. The van der Waals surface area contributed by atoms with E-state index >= 15 is 0 Å². The van der Waals surface area contributed by atoms with Crippen molar-refractivity contribution in [3.05, 3.63) is 34.9 Å². The van der Waals surface area contributed by atoms with Crippen LogP contribution in [0.5, 0.6) is 0 Å². The van der Waals surface area contributed by atoms with Gasteiger partial charge in [0.25, 0.3) is 0 Å². The molecule has 0 radical (unpaired) electrons. The first-order chi connectivity index (χ1) is 9.13. The van der Waals surface area contributed by atoms with Crippen molar-refractivity contribution in [1.82, 2.24) is 14.7 Å². The maximum absolute atomic E-state index is 12.1. The number of aromatic nitrogens is 2. The molecule has 0 fully saturated rings. The Bertz CT molecular complexity index is 627. The van der Waals surface area contributed by atoms with Crippen LogP contribution in [0.3, 0.4) is 0 Å². The van der Waals surface area contributed by atoms with Crippen molar-refractivity contribution in [2.24, 2.45) is 5.84 Å². The van der Waals surface area contributed by atoms with E-state index in [0.717, 1.165) is 5.69 Å². The van der Waals surface area contributed by atoms with E-state index in [9.17, 15) is 8.42 Å². The Morgan fingerprint density at radius 1 is 1.37 bits per heavy atom. The van der Waals surface area contributed by atoms with Crippen LogP contribution in [0, 0.1) is 0 Å². The van der Waals surface area contributed by atoms with E-state index in [-0.39, 0.29) is 17.3 Å². The summed E-state index contributed by atoms with van der Waals surface area (Å²) >= 11 is 1.48. The smallest absolute Gasteiger partial charge is 0.244 e. The van der Waals surface area contributed by atoms with Crippen molar-refractivity contribution in [2.45, 2.75) is 11.3 Å². The minimum Gasteiger partial charge on any atom is -0.307 e. The summed E-state index contributed by atoms with van der Waals surface area (Å²) in [6.07, 6.45) is 2.00. The van der Waals surface area contributed by atoms with Gasteiger partial charge >= 0.3 is 0 Å². The molecule has 0 unspecified atom stereocenters. The highest BCUT2D eigenvalue weighted by Crippen LogP contribution is 2.16. The number of nitrogens with two attached hydrogens (primary N) is 1. The second-order valence-corrected chi connectivity index (χ2v) is 6.08. The van der Waals surface area contributed by atoms with E-state index in [1.54, 1.807) is 5.51 Å². The van der Waals surface area contributed by atoms with E-state index in [1.165, 1.54) is 29.7 Å². The number of sulfonamides is 1. The van der Waals surface area contributed by atoms with Crippen LogP contribution in [0.4, 0.5) is 5.82 Å². The van der Waals surface area contributed by atoms with Crippen LogP contribution in [0.25, 0.3) is 0 Å². The molecule has 9 heteroatoms. The van der Waals surface area contributed by atoms with Gasteiger partial charge in [-0.05, 0) is 12.1 Å². The highest BCUT2D eigenvalue weighted by atomic mass is 32.2. The Morgan fingerprint density at radius 2 is 2.21 bits per heavy atom. The number of hydrazine groups is 1. The van der Waals surface area contributed by atoms with Gasteiger partial charge in [-0.25, -0.2) is 29.0 Å².